The maximum absolute atomic E-state index is 11.9. The summed E-state index contributed by atoms with van der Waals surface area (Å²) in [6.45, 7) is 5.16. The van der Waals surface area contributed by atoms with Gasteiger partial charge in [0.25, 0.3) is 0 Å². The number of halogens is 1. The maximum atomic E-state index is 11.9. The van der Waals surface area contributed by atoms with Crippen LogP contribution in [0.2, 0.25) is 0 Å². The largest absolute Gasteiger partial charge is 0.493 e. The van der Waals surface area contributed by atoms with Crippen LogP contribution in [0.3, 0.4) is 0 Å². The molecule has 0 aromatic heterocycles. The average Bonchev–Trinajstić information content (AvgIpc) is 2.37. The first-order chi connectivity index (χ1) is 9.40. The molecule has 5 heteroatoms. The van der Waals surface area contributed by atoms with Gasteiger partial charge in [-0.15, -0.1) is 0 Å². The van der Waals surface area contributed by atoms with Crippen LogP contribution in [0.25, 0.3) is 0 Å². The Labute approximate surface area is 127 Å². The highest BCUT2D eigenvalue weighted by molar-refractivity contribution is 9.10. The van der Waals surface area contributed by atoms with Gasteiger partial charge in [-0.05, 0) is 30.2 Å². The number of rotatable bonds is 5. The van der Waals surface area contributed by atoms with E-state index in [1.807, 2.05) is 38.1 Å². The van der Waals surface area contributed by atoms with Crippen LogP contribution in [-0.4, -0.2) is 41.2 Å². The molecular formula is C15H20BrNO3. The number of likely N-dealkylation sites (tertiary alicyclic amines) is 1. The van der Waals surface area contributed by atoms with Crippen molar-refractivity contribution in [3.63, 3.8) is 0 Å². The van der Waals surface area contributed by atoms with Gasteiger partial charge >= 0.3 is 0 Å². The van der Waals surface area contributed by atoms with Crippen LogP contribution in [0.15, 0.2) is 28.7 Å². The first-order valence-electron chi connectivity index (χ1n) is 6.79. The highest BCUT2D eigenvalue weighted by atomic mass is 79.9. The van der Waals surface area contributed by atoms with E-state index < -0.39 is 5.60 Å². The molecule has 1 aromatic carbocycles. The van der Waals surface area contributed by atoms with Crippen LogP contribution >= 0.6 is 15.9 Å². The molecule has 110 valence electrons. The molecule has 1 saturated heterocycles. The van der Waals surface area contributed by atoms with E-state index >= 15 is 0 Å². The van der Waals surface area contributed by atoms with Crippen LogP contribution < -0.4 is 4.74 Å². The van der Waals surface area contributed by atoms with Gasteiger partial charge in [-0.2, -0.15) is 0 Å². The maximum Gasteiger partial charge on any atom is 0.226 e. The fourth-order valence-electron chi connectivity index (χ4n) is 2.10. The molecule has 1 aromatic rings. The number of nitrogens with zero attached hydrogens (tertiary/aromatic N) is 1. The summed E-state index contributed by atoms with van der Waals surface area (Å²) in [6.07, 6.45) is 0.338. The molecule has 0 bridgehead atoms. The van der Waals surface area contributed by atoms with Crippen LogP contribution in [0.5, 0.6) is 5.75 Å². The van der Waals surface area contributed by atoms with Crippen molar-refractivity contribution in [2.24, 2.45) is 5.92 Å². The zero-order valence-electron chi connectivity index (χ0n) is 11.8. The molecule has 1 fully saturated rings. The molecule has 0 radical (unpaired) electrons. The molecule has 4 nitrogen and oxygen atoms in total. The van der Waals surface area contributed by atoms with E-state index in [1.54, 1.807) is 4.90 Å². The van der Waals surface area contributed by atoms with Crippen LogP contribution in [0.4, 0.5) is 0 Å². The third-order valence-corrected chi connectivity index (χ3v) is 4.28. The fourth-order valence-corrected chi connectivity index (χ4v) is 2.37. The Balaban J connectivity index is 1.70. The quantitative estimate of drug-likeness (QED) is 0.894. The normalized spacial score (nSPS) is 16.9. The molecule has 0 saturated carbocycles. The minimum atomic E-state index is -0.706. The second-order valence-corrected chi connectivity index (χ2v) is 6.48. The van der Waals surface area contributed by atoms with E-state index in [0.717, 1.165) is 10.2 Å². The van der Waals surface area contributed by atoms with Crippen LogP contribution in [-0.2, 0) is 4.79 Å². The lowest BCUT2D eigenvalue weighted by atomic mass is 9.83. The topological polar surface area (TPSA) is 49.8 Å². The van der Waals surface area contributed by atoms with Crippen LogP contribution in [0.1, 0.15) is 20.3 Å². The Morgan fingerprint density at radius 1 is 1.40 bits per heavy atom. The standard InChI is InChI=1S/C15H20BrNO3/c1-11(2)15(19)9-17(10-15)14(18)7-8-20-13-5-3-12(16)4-6-13/h3-6,11,19H,7-10H2,1-2H3. The van der Waals surface area contributed by atoms with Gasteiger partial charge in [0.05, 0.1) is 26.1 Å². The van der Waals surface area contributed by atoms with Crippen LogP contribution in [0, 0.1) is 5.92 Å². The third kappa shape index (κ3) is 3.52. The van der Waals surface area contributed by atoms with Gasteiger partial charge in [0, 0.05) is 4.47 Å². The van der Waals surface area contributed by atoms with E-state index in [1.165, 1.54) is 0 Å². The molecule has 0 atom stereocenters. The lowest BCUT2D eigenvalue weighted by Gasteiger charge is -2.49. The van der Waals surface area contributed by atoms with Gasteiger partial charge in [0.1, 0.15) is 11.4 Å². The van der Waals surface area contributed by atoms with Gasteiger partial charge < -0.3 is 14.7 Å². The van der Waals surface area contributed by atoms with E-state index in [4.69, 9.17) is 4.74 Å². The molecule has 1 heterocycles. The van der Waals surface area contributed by atoms with Crippen molar-refractivity contribution in [2.45, 2.75) is 25.9 Å². The molecule has 0 aliphatic carbocycles. The zero-order valence-corrected chi connectivity index (χ0v) is 13.4. The monoisotopic (exact) mass is 341 g/mol. The number of ether oxygens (including phenoxy) is 1. The SMILES string of the molecule is CC(C)C1(O)CN(C(=O)CCOc2ccc(Br)cc2)C1. The number of carbonyl (C=O) groups excluding carboxylic acids is 1. The molecule has 1 amide bonds. The molecule has 1 aliphatic heterocycles. The molecule has 0 spiro atoms. The van der Waals surface area contributed by atoms with E-state index in [9.17, 15) is 9.90 Å². The second kappa shape index (κ2) is 6.14. The van der Waals surface area contributed by atoms with Crippen molar-refractivity contribution in [3.05, 3.63) is 28.7 Å². The molecule has 0 unspecified atom stereocenters. The van der Waals surface area contributed by atoms with Gasteiger partial charge in [-0.1, -0.05) is 29.8 Å². The average molecular weight is 342 g/mol. The Morgan fingerprint density at radius 3 is 2.55 bits per heavy atom. The summed E-state index contributed by atoms with van der Waals surface area (Å²) in [7, 11) is 0. The van der Waals surface area contributed by atoms with Crippen molar-refractivity contribution in [1.29, 1.82) is 0 Å². The Bertz CT molecular complexity index is 467. The molecule has 2 rings (SSSR count). The predicted octanol–water partition coefficient (Wildman–Crippen LogP) is 2.45. The zero-order chi connectivity index (χ0) is 14.8. The minimum absolute atomic E-state index is 0.0347. The molecule has 1 N–H and O–H groups in total. The summed E-state index contributed by atoms with van der Waals surface area (Å²) in [4.78, 5) is 13.6. The van der Waals surface area contributed by atoms with Crippen molar-refractivity contribution in [2.75, 3.05) is 19.7 Å². The Kier molecular flexibility index (Phi) is 4.70. The summed E-state index contributed by atoms with van der Waals surface area (Å²) < 4.78 is 6.51. The number of hydrogen-bond donors (Lipinski definition) is 1. The molecule has 1 aliphatic rings. The minimum Gasteiger partial charge on any atom is -0.493 e. The summed E-state index contributed by atoms with van der Waals surface area (Å²) >= 11 is 3.36. The number of β-amino-alcohol motifs (C(OH)–C–C–N with tert-alkyl or cyclic N) is 1. The number of benzene rings is 1. The Morgan fingerprint density at radius 2 is 2.00 bits per heavy atom. The lowest BCUT2D eigenvalue weighted by Crippen LogP contribution is -2.66. The predicted molar refractivity (Wildman–Crippen MR) is 80.6 cm³/mol. The highest BCUT2D eigenvalue weighted by Crippen LogP contribution is 2.28. The first-order valence-corrected chi connectivity index (χ1v) is 7.58. The summed E-state index contributed by atoms with van der Waals surface area (Å²) in [5.74, 6) is 0.960. The lowest BCUT2D eigenvalue weighted by molar-refractivity contribution is -0.164. The second-order valence-electron chi connectivity index (χ2n) is 5.56. The van der Waals surface area contributed by atoms with E-state index in [2.05, 4.69) is 15.9 Å². The third-order valence-electron chi connectivity index (χ3n) is 3.76. The van der Waals surface area contributed by atoms with Crippen molar-refractivity contribution < 1.29 is 14.6 Å². The van der Waals surface area contributed by atoms with E-state index in [0.29, 0.717) is 26.1 Å². The number of aliphatic hydroxyl groups is 1. The van der Waals surface area contributed by atoms with Gasteiger partial charge in [0.15, 0.2) is 0 Å². The number of amides is 1. The summed E-state index contributed by atoms with van der Waals surface area (Å²) in [5.41, 5.74) is -0.706. The summed E-state index contributed by atoms with van der Waals surface area (Å²) in [5, 5.41) is 10.1. The number of carbonyl (C=O) groups is 1. The molecular weight excluding hydrogens is 322 g/mol. The highest BCUT2D eigenvalue weighted by Gasteiger charge is 2.45. The summed E-state index contributed by atoms with van der Waals surface area (Å²) in [6, 6.07) is 7.51. The molecule has 20 heavy (non-hydrogen) atoms. The Hall–Kier alpha value is -1.07. The number of hydrogen-bond acceptors (Lipinski definition) is 3. The first kappa shape index (κ1) is 15.3. The van der Waals surface area contributed by atoms with Gasteiger partial charge in [-0.25, -0.2) is 0 Å². The van der Waals surface area contributed by atoms with Crippen molar-refractivity contribution in [3.8, 4) is 5.75 Å². The van der Waals surface area contributed by atoms with Gasteiger partial charge in [-0.3, -0.25) is 4.79 Å². The van der Waals surface area contributed by atoms with Crippen molar-refractivity contribution >= 4 is 21.8 Å². The smallest absolute Gasteiger partial charge is 0.226 e. The van der Waals surface area contributed by atoms with E-state index in [-0.39, 0.29) is 11.8 Å². The van der Waals surface area contributed by atoms with Crippen molar-refractivity contribution in [1.82, 2.24) is 4.90 Å². The fraction of sp³-hybridized carbons (Fsp3) is 0.533. The van der Waals surface area contributed by atoms with Gasteiger partial charge in [0.2, 0.25) is 5.91 Å².